The minimum absolute atomic E-state index is 0.243. The second-order valence-corrected chi connectivity index (χ2v) is 3.17. The van der Waals surface area contributed by atoms with Crippen molar-refractivity contribution in [1.29, 1.82) is 5.26 Å². The van der Waals surface area contributed by atoms with Crippen LogP contribution in [-0.4, -0.2) is 12.5 Å². The Morgan fingerprint density at radius 3 is 2.62 bits per heavy atom. The molecule has 0 aliphatic heterocycles. The highest BCUT2D eigenvalue weighted by atomic mass is 16.2. The van der Waals surface area contributed by atoms with Gasteiger partial charge in [0.2, 0.25) is 5.91 Å². The van der Waals surface area contributed by atoms with Crippen LogP contribution < -0.4 is 5.32 Å². The van der Waals surface area contributed by atoms with E-state index in [0.29, 0.717) is 13.0 Å². The molecule has 1 N–H and O–H groups in total. The molecule has 0 aromatic rings. The van der Waals surface area contributed by atoms with Crippen LogP contribution in [0.3, 0.4) is 0 Å². The first-order chi connectivity index (χ1) is 6.04. The number of nitrogens with zero attached hydrogens (tertiary/aromatic N) is 1. The number of carbonyl (C=O) groups excluding carboxylic acids is 1. The Kier molecular flexibility index (Phi) is 4.62. The topological polar surface area (TPSA) is 52.9 Å². The Morgan fingerprint density at radius 2 is 2.15 bits per heavy atom. The largest absolute Gasteiger partial charge is 0.354 e. The van der Waals surface area contributed by atoms with Gasteiger partial charge in [-0.15, -0.1) is 11.8 Å². The molecular weight excluding hydrogens is 164 g/mol. The van der Waals surface area contributed by atoms with Crippen LogP contribution in [0.1, 0.15) is 27.2 Å². The van der Waals surface area contributed by atoms with Gasteiger partial charge in [0.15, 0.2) is 0 Å². The molecule has 0 aromatic heterocycles. The van der Waals surface area contributed by atoms with Gasteiger partial charge in [0, 0.05) is 13.0 Å². The summed E-state index contributed by atoms with van der Waals surface area (Å²) < 4.78 is 0. The highest BCUT2D eigenvalue weighted by molar-refractivity contribution is 5.84. The van der Waals surface area contributed by atoms with Crippen molar-refractivity contribution in [3.8, 4) is 17.9 Å². The molecule has 0 radical (unpaired) electrons. The van der Waals surface area contributed by atoms with E-state index in [4.69, 9.17) is 5.26 Å². The maximum atomic E-state index is 11.3. The molecule has 0 rings (SSSR count). The van der Waals surface area contributed by atoms with E-state index in [1.807, 2.05) is 6.07 Å². The second kappa shape index (κ2) is 5.22. The second-order valence-electron chi connectivity index (χ2n) is 3.17. The molecule has 0 atom stereocenters. The van der Waals surface area contributed by atoms with Crippen LogP contribution in [0.4, 0.5) is 0 Å². The lowest BCUT2D eigenvalue weighted by Crippen LogP contribution is -2.36. The molecule has 0 saturated carbocycles. The van der Waals surface area contributed by atoms with Gasteiger partial charge in [0.25, 0.3) is 0 Å². The fraction of sp³-hybridized carbons (Fsp3) is 0.600. The van der Waals surface area contributed by atoms with Gasteiger partial charge in [0.1, 0.15) is 5.41 Å². The summed E-state index contributed by atoms with van der Waals surface area (Å²) in [6, 6.07) is 1.93. The van der Waals surface area contributed by atoms with Crippen LogP contribution in [0.15, 0.2) is 0 Å². The predicted octanol–water partition coefficient (Wildman–Crippen LogP) is 1.07. The third kappa shape index (κ3) is 4.18. The van der Waals surface area contributed by atoms with Gasteiger partial charge >= 0.3 is 0 Å². The highest BCUT2D eigenvalue weighted by Gasteiger charge is 2.26. The Balaban J connectivity index is 3.88. The van der Waals surface area contributed by atoms with Crippen LogP contribution in [0.25, 0.3) is 0 Å². The molecule has 0 aliphatic carbocycles. The number of nitrogens with one attached hydrogen (secondary N) is 1. The lowest BCUT2D eigenvalue weighted by Gasteiger charge is -2.13. The number of amides is 1. The van der Waals surface area contributed by atoms with Crippen LogP contribution in [-0.2, 0) is 4.79 Å². The fourth-order valence-electron chi connectivity index (χ4n) is 0.635. The van der Waals surface area contributed by atoms with Crippen molar-refractivity contribution in [3.05, 3.63) is 0 Å². The first-order valence-corrected chi connectivity index (χ1v) is 4.13. The standard InChI is InChI=1S/C10H14N2O/c1-4-5-6-7-12-9(13)10(2,3)8-11/h6-7H2,1-3H3,(H,12,13). The molecule has 0 heterocycles. The van der Waals surface area contributed by atoms with Gasteiger partial charge in [-0.1, -0.05) is 0 Å². The lowest BCUT2D eigenvalue weighted by atomic mass is 9.95. The molecule has 3 nitrogen and oxygen atoms in total. The van der Waals surface area contributed by atoms with E-state index >= 15 is 0 Å². The Morgan fingerprint density at radius 1 is 1.54 bits per heavy atom. The van der Waals surface area contributed by atoms with E-state index in [1.165, 1.54) is 0 Å². The average molecular weight is 178 g/mol. The summed E-state index contributed by atoms with van der Waals surface area (Å²) in [7, 11) is 0. The molecule has 0 fully saturated rings. The normalized spacial score (nSPS) is 9.38. The summed E-state index contributed by atoms with van der Waals surface area (Å²) in [5, 5.41) is 11.3. The summed E-state index contributed by atoms with van der Waals surface area (Å²) in [4.78, 5) is 11.3. The van der Waals surface area contributed by atoms with E-state index in [1.54, 1.807) is 20.8 Å². The van der Waals surface area contributed by atoms with E-state index in [-0.39, 0.29) is 5.91 Å². The summed E-state index contributed by atoms with van der Waals surface area (Å²) in [6.07, 6.45) is 0.629. The monoisotopic (exact) mass is 178 g/mol. The van der Waals surface area contributed by atoms with Crippen molar-refractivity contribution in [3.63, 3.8) is 0 Å². The highest BCUT2D eigenvalue weighted by Crippen LogP contribution is 2.12. The zero-order valence-electron chi connectivity index (χ0n) is 8.27. The molecule has 0 saturated heterocycles. The van der Waals surface area contributed by atoms with Crippen LogP contribution in [0.2, 0.25) is 0 Å². The van der Waals surface area contributed by atoms with Crippen molar-refractivity contribution >= 4 is 5.91 Å². The zero-order valence-corrected chi connectivity index (χ0v) is 8.27. The minimum Gasteiger partial charge on any atom is -0.354 e. The quantitative estimate of drug-likeness (QED) is 0.519. The number of rotatable bonds is 3. The summed E-state index contributed by atoms with van der Waals surface area (Å²) >= 11 is 0. The molecule has 70 valence electrons. The van der Waals surface area contributed by atoms with Gasteiger partial charge in [0.05, 0.1) is 6.07 Å². The number of hydrogen-bond acceptors (Lipinski definition) is 2. The summed E-state index contributed by atoms with van der Waals surface area (Å²) in [5.74, 6) is 5.31. The van der Waals surface area contributed by atoms with E-state index in [0.717, 1.165) is 0 Å². The lowest BCUT2D eigenvalue weighted by molar-refractivity contribution is -0.126. The third-order valence-electron chi connectivity index (χ3n) is 1.56. The molecule has 0 bridgehead atoms. The molecule has 0 aliphatic rings. The Labute approximate surface area is 79.1 Å². The fourth-order valence-corrected chi connectivity index (χ4v) is 0.635. The van der Waals surface area contributed by atoms with Crippen molar-refractivity contribution in [2.45, 2.75) is 27.2 Å². The average Bonchev–Trinajstić information content (AvgIpc) is 2.12. The maximum absolute atomic E-state index is 11.3. The summed E-state index contributed by atoms with van der Waals surface area (Å²) in [6.45, 7) is 5.44. The first kappa shape index (κ1) is 11.5. The Hall–Kier alpha value is -1.48. The summed E-state index contributed by atoms with van der Waals surface area (Å²) in [5.41, 5.74) is -0.945. The zero-order chi connectivity index (χ0) is 10.3. The molecule has 0 aromatic carbocycles. The number of hydrogen-bond donors (Lipinski definition) is 1. The number of nitriles is 1. The molecular formula is C10H14N2O. The smallest absolute Gasteiger partial charge is 0.239 e. The van der Waals surface area contributed by atoms with E-state index < -0.39 is 5.41 Å². The minimum atomic E-state index is -0.945. The molecule has 13 heavy (non-hydrogen) atoms. The molecule has 3 heteroatoms. The predicted molar refractivity (Wildman–Crippen MR) is 50.5 cm³/mol. The van der Waals surface area contributed by atoms with Gasteiger partial charge < -0.3 is 5.32 Å². The van der Waals surface area contributed by atoms with E-state index in [2.05, 4.69) is 17.2 Å². The first-order valence-electron chi connectivity index (χ1n) is 4.13. The van der Waals surface area contributed by atoms with Crippen molar-refractivity contribution in [2.75, 3.05) is 6.54 Å². The van der Waals surface area contributed by atoms with Gasteiger partial charge in [-0.25, -0.2) is 0 Å². The molecule has 0 unspecified atom stereocenters. The Bertz CT molecular complexity index is 276. The van der Waals surface area contributed by atoms with Crippen LogP contribution >= 0.6 is 0 Å². The van der Waals surface area contributed by atoms with Crippen molar-refractivity contribution < 1.29 is 4.79 Å². The SMILES string of the molecule is CC#CCCNC(=O)C(C)(C)C#N. The van der Waals surface area contributed by atoms with Gasteiger partial charge in [-0.2, -0.15) is 5.26 Å². The van der Waals surface area contributed by atoms with Crippen molar-refractivity contribution in [1.82, 2.24) is 5.32 Å². The maximum Gasteiger partial charge on any atom is 0.239 e. The van der Waals surface area contributed by atoms with Crippen LogP contribution in [0.5, 0.6) is 0 Å². The van der Waals surface area contributed by atoms with Crippen LogP contribution in [0, 0.1) is 28.6 Å². The third-order valence-corrected chi connectivity index (χ3v) is 1.56. The van der Waals surface area contributed by atoms with E-state index in [9.17, 15) is 4.79 Å². The van der Waals surface area contributed by atoms with Gasteiger partial charge in [-0.05, 0) is 20.8 Å². The molecule has 1 amide bonds. The van der Waals surface area contributed by atoms with Gasteiger partial charge in [-0.3, -0.25) is 4.79 Å². The van der Waals surface area contributed by atoms with Crippen molar-refractivity contribution in [2.24, 2.45) is 5.41 Å². The molecule has 0 spiro atoms. The number of carbonyl (C=O) groups is 1.